The number of anilines is 1. The Labute approximate surface area is 113 Å². The van der Waals surface area contributed by atoms with Crippen LogP contribution in [0.25, 0.3) is 0 Å². The Hall–Kier alpha value is -1.69. The molecule has 1 heterocycles. The van der Waals surface area contributed by atoms with E-state index in [0.29, 0.717) is 11.7 Å². The number of rotatable bonds is 3. The van der Waals surface area contributed by atoms with Crippen molar-refractivity contribution in [3.05, 3.63) is 40.0 Å². The lowest BCUT2D eigenvalue weighted by molar-refractivity contribution is -0.115. The van der Waals surface area contributed by atoms with Crippen LogP contribution in [0.3, 0.4) is 0 Å². The van der Waals surface area contributed by atoms with Gasteiger partial charge in [0.1, 0.15) is 6.42 Å². The van der Waals surface area contributed by atoms with Crippen LogP contribution in [0.1, 0.15) is 17.3 Å². The summed E-state index contributed by atoms with van der Waals surface area (Å²) in [5, 5.41) is 6.41. The monoisotopic (exact) mass is 309 g/mol. The molecule has 0 fully saturated rings. The van der Waals surface area contributed by atoms with Gasteiger partial charge in [0.25, 0.3) is 0 Å². The highest BCUT2D eigenvalue weighted by molar-refractivity contribution is 9.10. The Kier molecular flexibility index (Phi) is 3.76. The molecule has 0 saturated carbocycles. The molecule has 0 atom stereocenters. The van der Waals surface area contributed by atoms with Crippen molar-refractivity contribution in [3.63, 3.8) is 0 Å². The maximum atomic E-state index is 11.7. The molecule has 94 valence electrons. The number of benzene rings is 1. The molecule has 0 bridgehead atoms. The van der Waals surface area contributed by atoms with E-state index in [-0.39, 0.29) is 12.3 Å². The van der Waals surface area contributed by atoms with Gasteiger partial charge in [0, 0.05) is 10.2 Å². The van der Waals surface area contributed by atoms with E-state index in [1.807, 2.05) is 25.1 Å². The fourth-order valence-corrected chi connectivity index (χ4v) is 1.72. The van der Waals surface area contributed by atoms with Gasteiger partial charge in [0.05, 0.1) is 0 Å². The molecule has 2 aromatic rings. The molecular formula is C12H12BrN3O2. The minimum absolute atomic E-state index is 0.0793. The maximum absolute atomic E-state index is 11.7. The summed E-state index contributed by atoms with van der Waals surface area (Å²) in [5.41, 5.74) is 1.80. The van der Waals surface area contributed by atoms with E-state index < -0.39 is 0 Å². The highest BCUT2D eigenvalue weighted by Crippen LogP contribution is 2.20. The molecule has 1 amide bonds. The van der Waals surface area contributed by atoms with Crippen LogP contribution in [0.15, 0.2) is 27.2 Å². The van der Waals surface area contributed by atoms with Gasteiger partial charge in [-0.25, -0.2) is 0 Å². The van der Waals surface area contributed by atoms with Crippen molar-refractivity contribution >= 4 is 27.5 Å². The Morgan fingerprint density at radius 1 is 1.44 bits per heavy atom. The summed E-state index contributed by atoms with van der Waals surface area (Å²) in [6.45, 7) is 3.67. The number of amides is 1. The molecule has 18 heavy (non-hydrogen) atoms. The van der Waals surface area contributed by atoms with Crippen LogP contribution >= 0.6 is 15.9 Å². The lowest BCUT2D eigenvalue weighted by Crippen LogP contribution is -2.14. The molecule has 2 rings (SSSR count). The largest absolute Gasteiger partial charge is 0.339 e. The van der Waals surface area contributed by atoms with Crippen molar-refractivity contribution in [2.45, 2.75) is 20.3 Å². The number of nitrogens with one attached hydrogen (secondary N) is 1. The van der Waals surface area contributed by atoms with Gasteiger partial charge in [0.15, 0.2) is 5.82 Å². The molecule has 5 nitrogen and oxygen atoms in total. The van der Waals surface area contributed by atoms with Gasteiger partial charge in [-0.15, -0.1) is 0 Å². The Balaban J connectivity index is 2.00. The van der Waals surface area contributed by atoms with E-state index in [0.717, 1.165) is 15.7 Å². The predicted molar refractivity (Wildman–Crippen MR) is 70.2 cm³/mol. The summed E-state index contributed by atoms with van der Waals surface area (Å²) < 4.78 is 5.89. The molecule has 6 heteroatoms. The van der Waals surface area contributed by atoms with Crippen molar-refractivity contribution in [1.82, 2.24) is 10.1 Å². The lowest BCUT2D eigenvalue weighted by Gasteiger charge is -2.05. The number of halogens is 1. The normalized spacial score (nSPS) is 10.4. The van der Waals surface area contributed by atoms with E-state index in [9.17, 15) is 4.79 Å². The SMILES string of the molecule is Cc1noc(CC(=O)Nc2ccc(Br)c(C)c2)n1. The van der Waals surface area contributed by atoms with Crippen LogP contribution in [0.4, 0.5) is 5.69 Å². The first kappa shape index (κ1) is 12.8. The third-order valence-corrected chi connectivity index (χ3v) is 3.21. The quantitative estimate of drug-likeness (QED) is 0.946. The van der Waals surface area contributed by atoms with Crippen molar-refractivity contribution in [2.24, 2.45) is 0 Å². The van der Waals surface area contributed by atoms with Crippen LogP contribution < -0.4 is 5.32 Å². The van der Waals surface area contributed by atoms with Gasteiger partial charge < -0.3 is 9.84 Å². The molecular weight excluding hydrogens is 298 g/mol. The van der Waals surface area contributed by atoms with Crippen LogP contribution in [-0.4, -0.2) is 16.0 Å². The number of hydrogen-bond donors (Lipinski definition) is 1. The third-order valence-electron chi connectivity index (χ3n) is 2.32. The summed E-state index contributed by atoms with van der Waals surface area (Å²) in [4.78, 5) is 15.7. The standard InChI is InChI=1S/C12H12BrN3O2/c1-7-5-9(3-4-10(7)13)15-11(17)6-12-14-8(2)16-18-12/h3-5H,6H2,1-2H3,(H,15,17). The third kappa shape index (κ3) is 3.16. The van der Waals surface area contributed by atoms with Gasteiger partial charge in [0.2, 0.25) is 11.8 Å². The first-order valence-corrected chi connectivity index (χ1v) is 6.19. The molecule has 0 unspecified atom stereocenters. The van der Waals surface area contributed by atoms with Crippen LogP contribution in [0.5, 0.6) is 0 Å². The van der Waals surface area contributed by atoms with E-state index in [4.69, 9.17) is 4.52 Å². The first-order chi connectivity index (χ1) is 8.54. The molecule has 0 radical (unpaired) electrons. The first-order valence-electron chi connectivity index (χ1n) is 5.40. The number of aryl methyl sites for hydroxylation is 2. The average molecular weight is 310 g/mol. The summed E-state index contributed by atoms with van der Waals surface area (Å²) >= 11 is 3.41. The zero-order chi connectivity index (χ0) is 13.1. The fraction of sp³-hybridized carbons (Fsp3) is 0.250. The predicted octanol–water partition coefficient (Wildman–Crippen LogP) is 2.63. The van der Waals surface area contributed by atoms with Crippen LogP contribution in [-0.2, 0) is 11.2 Å². The van der Waals surface area contributed by atoms with Gasteiger partial charge >= 0.3 is 0 Å². The van der Waals surface area contributed by atoms with Crippen molar-refractivity contribution in [3.8, 4) is 0 Å². The van der Waals surface area contributed by atoms with Crippen molar-refractivity contribution < 1.29 is 9.32 Å². The second-order valence-electron chi connectivity index (χ2n) is 3.92. The molecule has 0 saturated heterocycles. The van der Waals surface area contributed by atoms with Gasteiger partial charge in [-0.2, -0.15) is 4.98 Å². The highest BCUT2D eigenvalue weighted by atomic mass is 79.9. The Bertz CT molecular complexity index is 580. The molecule has 0 spiro atoms. The maximum Gasteiger partial charge on any atom is 0.236 e. The van der Waals surface area contributed by atoms with E-state index in [1.165, 1.54) is 0 Å². The summed E-state index contributed by atoms with van der Waals surface area (Å²) in [6.07, 6.45) is 0.0793. The summed E-state index contributed by atoms with van der Waals surface area (Å²) in [5.74, 6) is 0.663. The zero-order valence-electron chi connectivity index (χ0n) is 10.0. The molecule has 0 aliphatic heterocycles. The van der Waals surface area contributed by atoms with E-state index in [2.05, 4.69) is 31.4 Å². The van der Waals surface area contributed by atoms with Crippen molar-refractivity contribution in [2.75, 3.05) is 5.32 Å². The average Bonchev–Trinajstić information content (AvgIpc) is 2.69. The molecule has 1 aromatic carbocycles. The van der Waals surface area contributed by atoms with Crippen LogP contribution in [0, 0.1) is 13.8 Å². The number of hydrogen-bond acceptors (Lipinski definition) is 4. The van der Waals surface area contributed by atoms with Gasteiger partial charge in [-0.05, 0) is 37.6 Å². The Morgan fingerprint density at radius 3 is 2.83 bits per heavy atom. The Morgan fingerprint density at radius 2 is 2.22 bits per heavy atom. The second-order valence-corrected chi connectivity index (χ2v) is 4.78. The number of aromatic nitrogens is 2. The van der Waals surface area contributed by atoms with E-state index >= 15 is 0 Å². The number of carbonyl (C=O) groups is 1. The van der Waals surface area contributed by atoms with Crippen LogP contribution in [0.2, 0.25) is 0 Å². The number of nitrogens with zero attached hydrogens (tertiary/aromatic N) is 2. The highest BCUT2D eigenvalue weighted by Gasteiger charge is 2.10. The van der Waals surface area contributed by atoms with Crippen molar-refractivity contribution in [1.29, 1.82) is 0 Å². The summed E-state index contributed by atoms with van der Waals surface area (Å²) in [7, 11) is 0. The second kappa shape index (κ2) is 5.30. The van der Waals surface area contributed by atoms with E-state index in [1.54, 1.807) is 6.92 Å². The molecule has 1 aromatic heterocycles. The molecule has 0 aliphatic carbocycles. The topological polar surface area (TPSA) is 68.0 Å². The van der Waals surface area contributed by atoms with Gasteiger partial charge in [-0.1, -0.05) is 21.1 Å². The molecule has 1 N–H and O–H groups in total. The lowest BCUT2D eigenvalue weighted by atomic mass is 10.2. The fourth-order valence-electron chi connectivity index (χ4n) is 1.48. The van der Waals surface area contributed by atoms with Gasteiger partial charge in [-0.3, -0.25) is 4.79 Å². The molecule has 0 aliphatic rings. The minimum atomic E-state index is -0.180. The zero-order valence-corrected chi connectivity index (χ0v) is 11.6. The minimum Gasteiger partial charge on any atom is -0.339 e. The summed E-state index contributed by atoms with van der Waals surface area (Å²) in [6, 6.07) is 5.61. The number of carbonyl (C=O) groups excluding carboxylic acids is 1. The smallest absolute Gasteiger partial charge is 0.236 e.